The Hall–Kier alpha value is -1.29. The maximum Gasteiger partial charge on any atom is 0.0471 e. The van der Waals surface area contributed by atoms with E-state index in [9.17, 15) is 0 Å². The molecule has 0 radical (unpaired) electrons. The second-order valence-corrected chi connectivity index (χ2v) is 6.06. The predicted molar refractivity (Wildman–Crippen MR) is 89.9 cm³/mol. The SMILES string of the molecule is COCCCSc1ccc(-c2ccc(CCO)cc2)cc1. The minimum atomic E-state index is 0.203. The molecule has 0 aliphatic heterocycles. The fraction of sp³-hybridized carbons (Fsp3) is 0.333. The predicted octanol–water partition coefficient (Wildman–Crippen LogP) is 4.02. The number of methoxy groups -OCH3 is 1. The number of rotatable bonds is 8. The van der Waals surface area contributed by atoms with Crippen LogP contribution in [0, 0.1) is 0 Å². The molecule has 0 saturated carbocycles. The highest BCUT2D eigenvalue weighted by Gasteiger charge is 2.00. The van der Waals surface area contributed by atoms with Crippen molar-refractivity contribution in [3.8, 4) is 11.1 Å². The second-order valence-electron chi connectivity index (χ2n) is 4.89. The van der Waals surface area contributed by atoms with Crippen molar-refractivity contribution in [3.05, 3.63) is 54.1 Å². The maximum absolute atomic E-state index is 8.93. The van der Waals surface area contributed by atoms with E-state index in [0.717, 1.165) is 25.2 Å². The van der Waals surface area contributed by atoms with Crippen LogP contribution in [-0.4, -0.2) is 31.2 Å². The molecule has 2 rings (SSSR count). The van der Waals surface area contributed by atoms with E-state index >= 15 is 0 Å². The highest BCUT2D eigenvalue weighted by atomic mass is 32.2. The number of aliphatic hydroxyl groups is 1. The molecule has 1 N–H and O–H groups in total. The molecule has 0 fully saturated rings. The van der Waals surface area contributed by atoms with Gasteiger partial charge in [0, 0.05) is 31.0 Å². The quantitative estimate of drug-likeness (QED) is 0.590. The zero-order valence-electron chi connectivity index (χ0n) is 12.4. The molecule has 3 heteroatoms. The average molecular weight is 302 g/mol. The summed E-state index contributed by atoms with van der Waals surface area (Å²) in [6.07, 6.45) is 1.80. The van der Waals surface area contributed by atoms with Crippen LogP contribution in [0.4, 0.5) is 0 Å². The Labute approximate surface area is 131 Å². The Bertz CT molecular complexity index is 520. The Balaban J connectivity index is 1.94. The summed E-state index contributed by atoms with van der Waals surface area (Å²) in [6.45, 7) is 1.03. The van der Waals surface area contributed by atoms with Crippen LogP contribution in [0.1, 0.15) is 12.0 Å². The summed E-state index contributed by atoms with van der Waals surface area (Å²) in [6, 6.07) is 17.1. The third-order valence-electron chi connectivity index (χ3n) is 3.30. The number of ether oxygens (including phenoxy) is 1. The minimum absolute atomic E-state index is 0.203. The zero-order valence-corrected chi connectivity index (χ0v) is 13.2. The Kier molecular flexibility index (Phi) is 6.80. The Morgan fingerprint density at radius 3 is 2.14 bits per heavy atom. The third kappa shape index (κ3) is 5.20. The van der Waals surface area contributed by atoms with Crippen molar-refractivity contribution in [1.82, 2.24) is 0 Å². The summed E-state index contributed by atoms with van der Waals surface area (Å²) in [5, 5.41) is 8.93. The number of hydrogen-bond donors (Lipinski definition) is 1. The van der Waals surface area contributed by atoms with E-state index < -0.39 is 0 Å². The fourth-order valence-electron chi connectivity index (χ4n) is 2.13. The molecular formula is C18H22O2S. The highest BCUT2D eigenvalue weighted by molar-refractivity contribution is 7.99. The van der Waals surface area contributed by atoms with Crippen molar-refractivity contribution in [2.75, 3.05) is 26.1 Å². The van der Waals surface area contributed by atoms with Gasteiger partial charge in [-0.25, -0.2) is 0 Å². The lowest BCUT2D eigenvalue weighted by atomic mass is 10.0. The van der Waals surface area contributed by atoms with Crippen LogP contribution < -0.4 is 0 Å². The molecule has 0 saturated heterocycles. The first-order valence-corrected chi connectivity index (χ1v) is 8.24. The van der Waals surface area contributed by atoms with Gasteiger partial charge in [-0.2, -0.15) is 0 Å². The number of thioether (sulfide) groups is 1. The van der Waals surface area contributed by atoms with Crippen LogP contribution in [0.5, 0.6) is 0 Å². The topological polar surface area (TPSA) is 29.5 Å². The van der Waals surface area contributed by atoms with Crippen molar-refractivity contribution in [1.29, 1.82) is 0 Å². The molecule has 0 heterocycles. The van der Waals surface area contributed by atoms with Crippen molar-refractivity contribution < 1.29 is 9.84 Å². The summed E-state index contributed by atoms with van der Waals surface area (Å²) in [7, 11) is 1.74. The van der Waals surface area contributed by atoms with Crippen LogP contribution in [0.2, 0.25) is 0 Å². The first-order valence-electron chi connectivity index (χ1n) is 7.25. The van der Waals surface area contributed by atoms with Gasteiger partial charge in [0.2, 0.25) is 0 Å². The Morgan fingerprint density at radius 2 is 1.57 bits per heavy atom. The monoisotopic (exact) mass is 302 g/mol. The first-order chi connectivity index (χ1) is 10.3. The van der Waals surface area contributed by atoms with Gasteiger partial charge in [0.1, 0.15) is 0 Å². The smallest absolute Gasteiger partial charge is 0.0471 e. The van der Waals surface area contributed by atoms with Crippen LogP contribution in [-0.2, 0) is 11.2 Å². The van der Waals surface area contributed by atoms with Crippen LogP contribution >= 0.6 is 11.8 Å². The van der Waals surface area contributed by atoms with Gasteiger partial charge >= 0.3 is 0 Å². The number of benzene rings is 2. The van der Waals surface area contributed by atoms with Gasteiger partial charge in [-0.3, -0.25) is 0 Å². The summed E-state index contributed by atoms with van der Waals surface area (Å²) >= 11 is 1.87. The summed E-state index contributed by atoms with van der Waals surface area (Å²) in [5.74, 6) is 1.09. The lowest BCUT2D eigenvalue weighted by molar-refractivity contribution is 0.200. The molecule has 2 nitrogen and oxygen atoms in total. The standard InChI is InChI=1S/C18H22O2S/c1-20-13-2-14-21-18-9-7-17(8-10-18)16-5-3-15(4-6-16)11-12-19/h3-10,19H,2,11-14H2,1H3. The lowest BCUT2D eigenvalue weighted by Gasteiger charge is -2.06. The summed E-state index contributed by atoms with van der Waals surface area (Å²) in [4.78, 5) is 1.30. The average Bonchev–Trinajstić information content (AvgIpc) is 2.53. The van der Waals surface area contributed by atoms with E-state index in [1.54, 1.807) is 7.11 Å². The van der Waals surface area contributed by atoms with Crippen molar-refractivity contribution in [3.63, 3.8) is 0 Å². The third-order valence-corrected chi connectivity index (χ3v) is 4.40. The fourth-order valence-corrected chi connectivity index (χ4v) is 2.96. The molecule has 0 aromatic heterocycles. The van der Waals surface area contributed by atoms with Gasteiger partial charge < -0.3 is 9.84 Å². The van der Waals surface area contributed by atoms with Gasteiger partial charge in [-0.15, -0.1) is 11.8 Å². The van der Waals surface area contributed by atoms with Crippen LogP contribution in [0.3, 0.4) is 0 Å². The van der Waals surface area contributed by atoms with Crippen molar-refractivity contribution in [2.24, 2.45) is 0 Å². The molecular weight excluding hydrogens is 280 g/mol. The molecule has 2 aromatic carbocycles. The lowest BCUT2D eigenvalue weighted by Crippen LogP contribution is -1.90. The summed E-state index contributed by atoms with van der Waals surface area (Å²) < 4.78 is 5.05. The number of hydrogen-bond acceptors (Lipinski definition) is 3. The molecule has 0 aliphatic rings. The molecule has 0 atom stereocenters. The van der Waals surface area contributed by atoms with E-state index in [1.165, 1.54) is 21.6 Å². The number of aliphatic hydroxyl groups excluding tert-OH is 1. The van der Waals surface area contributed by atoms with E-state index in [0.29, 0.717) is 0 Å². The van der Waals surface area contributed by atoms with Gasteiger partial charge in [-0.1, -0.05) is 36.4 Å². The van der Waals surface area contributed by atoms with Gasteiger partial charge in [0.15, 0.2) is 0 Å². The van der Waals surface area contributed by atoms with Crippen LogP contribution in [0.15, 0.2) is 53.4 Å². The van der Waals surface area contributed by atoms with E-state index in [4.69, 9.17) is 9.84 Å². The molecule has 21 heavy (non-hydrogen) atoms. The van der Waals surface area contributed by atoms with E-state index in [1.807, 2.05) is 11.8 Å². The molecule has 0 unspecified atom stereocenters. The van der Waals surface area contributed by atoms with Gasteiger partial charge in [0.25, 0.3) is 0 Å². The maximum atomic E-state index is 8.93. The molecule has 0 amide bonds. The minimum Gasteiger partial charge on any atom is -0.396 e. The van der Waals surface area contributed by atoms with Crippen molar-refractivity contribution >= 4 is 11.8 Å². The second kappa shape index (κ2) is 8.88. The molecule has 2 aromatic rings. The van der Waals surface area contributed by atoms with E-state index in [-0.39, 0.29) is 6.61 Å². The first kappa shape index (κ1) is 16.1. The van der Waals surface area contributed by atoms with Gasteiger partial charge in [0.05, 0.1) is 0 Å². The molecule has 112 valence electrons. The van der Waals surface area contributed by atoms with Gasteiger partial charge in [-0.05, 0) is 41.7 Å². The zero-order chi connectivity index (χ0) is 14.9. The largest absolute Gasteiger partial charge is 0.396 e. The summed E-state index contributed by atoms with van der Waals surface area (Å²) in [5.41, 5.74) is 3.62. The van der Waals surface area contributed by atoms with Crippen molar-refractivity contribution in [2.45, 2.75) is 17.7 Å². The molecule has 0 bridgehead atoms. The van der Waals surface area contributed by atoms with Crippen LogP contribution in [0.25, 0.3) is 11.1 Å². The highest BCUT2D eigenvalue weighted by Crippen LogP contribution is 2.25. The van der Waals surface area contributed by atoms with E-state index in [2.05, 4.69) is 48.5 Å². The Morgan fingerprint density at radius 1 is 0.952 bits per heavy atom. The molecule has 0 aliphatic carbocycles. The molecule has 0 spiro atoms. The normalized spacial score (nSPS) is 10.8.